The van der Waals surface area contributed by atoms with Crippen molar-refractivity contribution < 1.29 is 13.9 Å². The molecule has 1 saturated heterocycles. The summed E-state index contributed by atoms with van der Waals surface area (Å²) < 4.78 is 17.4. The molecule has 0 spiro atoms. The maximum absolute atomic E-state index is 5.91. The minimum atomic E-state index is 0.227. The summed E-state index contributed by atoms with van der Waals surface area (Å²) in [6, 6.07) is 4.09. The number of hydrogen-bond donors (Lipinski definition) is 0. The van der Waals surface area contributed by atoms with Gasteiger partial charge in [0, 0.05) is 31.8 Å². The zero-order valence-electron chi connectivity index (χ0n) is 13.9. The fourth-order valence-electron chi connectivity index (χ4n) is 3.23. The van der Waals surface area contributed by atoms with E-state index < -0.39 is 0 Å². The van der Waals surface area contributed by atoms with Crippen molar-refractivity contribution in [3.8, 4) is 5.75 Å². The third-order valence-corrected chi connectivity index (χ3v) is 4.79. The molecule has 0 amide bonds. The van der Waals surface area contributed by atoms with Crippen LogP contribution in [-0.2, 0) is 11.3 Å². The molecule has 0 unspecified atom stereocenters. The summed E-state index contributed by atoms with van der Waals surface area (Å²) >= 11 is 0. The molecule has 1 aliphatic carbocycles. The maximum atomic E-state index is 5.91. The Hall–Kier alpha value is -1.92. The molecule has 1 saturated carbocycles. The van der Waals surface area contributed by atoms with Crippen LogP contribution in [0.2, 0.25) is 0 Å². The molecule has 2 aliphatic rings. The van der Waals surface area contributed by atoms with Gasteiger partial charge in [-0.3, -0.25) is 9.88 Å². The largest absolute Gasteiger partial charge is 0.490 e. The van der Waals surface area contributed by atoms with E-state index in [0.29, 0.717) is 19.1 Å². The molecule has 3 heterocycles. The monoisotopic (exact) mass is 329 g/mol. The van der Waals surface area contributed by atoms with E-state index in [1.807, 2.05) is 18.3 Å². The van der Waals surface area contributed by atoms with E-state index in [9.17, 15) is 0 Å². The number of aromatic nitrogens is 2. The summed E-state index contributed by atoms with van der Waals surface area (Å²) in [7, 11) is 1.77. The second-order valence-corrected chi connectivity index (χ2v) is 6.61. The van der Waals surface area contributed by atoms with Crippen molar-refractivity contribution in [3.63, 3.8) is 0 Å². The second kappa shape index (κ2) is 6.91. The van der Waals surface area contributed by atoms with E-state index >= 15 is 0 Å². The van der Waals surface area contributed by atoms with Crippen molar-refractivity contribution in [1.82, 2.24) is 14.9 Å². The normalized spacial score (nSPS) is 24.4. The lowest BCUT2D eigenvalue weighted by atomic mass is 10.2. The van der Waals surface area contributed by atoms with Crippen LogP contribution in [0.15, 0.2) is 35.1 Å². The second-order valence-electron chi connectivity index (χ2n) is 6.61. The van der Waals surface area contributed by atoms with Gasteiger partial charge in [-0.2, -0.15) is 0 Å². The topological polar surface area (TPSA) is 60.6 Å². The fraction of sp³-hybridized carbons (Fsp3) is 0.556. The minimum Gasteiger partial charge on any atom is -0.490 e. The van der Waals surface area contributed by atoms with Gasteiger partial charge in [0.1, 0.15) is 18.1 Å². The van der Waals surface area contributed by atoms with Gasteiger partial charge in [0.2, 0.25) is 5.89 Å². The smallest absolute Gasteiger partial charge is 0.208 e. The first kappa shape index (κ1) is 15.6. The SMILES string of the molecule is CO[C@@H]1C[C@@H](COc2cccnc2)N(Cc2ncc(C3CC3)o2)C1. The summed E-state index contributed by atoms with van der Waals surface area (Å²) in [5.74, 6) is 3.22. The van der Waals surface area contributed by atoms with Gasteiger partial charge < -0.3 is 13.9 Å². The highest BCUT2D eigenvalue weighted by Gasteiger charge is 2.34. The molecule has 24 heavy (non-hydrogen) atoms. The van der Waals surface area contributed by atoms with E-state index in [1.165, 1.54) is 12.8 Å². The Labute approximate surface area is 141 Å². The number of pyridine rings is 1. The van der Waals surface area contributed by atoms with Crippen molar-refractivity contribution >= 4 is 0 Å². The molecule has 0 N–H and O–H groups in total. The number of hydrogen-bond acceptors (Lipinski definition) is 6. The summed E-state index contributed by atoms with van der Waals surface area (Å²) in [6.07, 6.45) is 9.01. The van der Waals surface area contributed by atoms with Crippen molar-refractivity contribution in [1.29, 1.82) is 0 Å². The number of methoxy groups -OCH3 is 1. The van der Waals surface area contributed by atoms with Crippen LogP contribution < -0.4 is 4.74 Å². The first-order valence-electron chi connectivity index (χ1n) is 8.56. The Morgan fingerprint density at radius 1 is 1.33 bits per heavy atom. The average molecular weight is 329 g/mol. The van der Waals surface area contributed by atoms with Crippen LogP contribution in [0.3, 0.4) is 0 Å². The lowest BCUT2D eigenvalue weighted by Crippen LogP contribution is -2.34. The van der Waals surface area contributed by atoms with E-state index in [0.717, 1.165) is 30.4 Å². The van der Waals surface area contributed by atoms with Gasteiger partial charge in [-0.15, -0.1) is 0 Å². The standard InChI is InChI=1S/C18H23N3O3/c1-22-16-7-14(12-23-15-3-2-6-19-8-15)21(10-16)11-18-20-9-17(24-18)13-4-5-13/h2-3,6,8-9,13-14,16H,4-5,7,10-12H2,1H3/t14-,16+/m0/s1. The molecule has 2 aromatic heterocycles. The first-order valence-corrected chi connectivity index (χ1v) is 8.56. The quantitative estimate of drug-likeness (QED) is 0.778. The predicted octanol–water partition coefficient (Wildman–Crippen LogP) is 2.62. The third kappa shape index (κ3) is 3.60. The zero-order chi connectivity index (χ0) is 16.4. The zero-order valence-corrected chi connectivity index (χ0v) is 13.9. The van der Waals surface area contributed by atoms with Crippen LogP contribution in [-0.4, -0.2) is 47.3 Å². The number of oxazole rings is 1. The number of ether oxygens (including phenoxy) is 2. The van der Waals surface area contributed by atoms with Gasteiger partial charge in [-0.1, -0.05) is 0 Å². The third-order valence-electron chi connectivity index (χ3n) is 4.79. The van der Waals surface area contributed by atoms with Crippen LogP contribution >= 0.6 is 0 Å². The molecule has 1 aliphatic heterocycles. The Morgan fingerprint density at radius 2 is 2.25 bits per heavy atom. The molecule has 128 valence electrons. The van der Waals surface area contributed by atoms with Crippen molar-refractivity contribution in [2.75, 3.05) is 20.3 Å². The van der Waals surface area contributed by atoms with E-state index in [4.69, 9.17) is 13.9 Å². The van der Waals surface area contributed by atoms with Crippen LogP contribution in [0.1, 0.15) is 36.8 Å². The van der Waals surface area contributed by atoms with E-state index in [1.54, 1.807) is 19.5 Å². The van der Waals surface area contributed by atoms with E-state index in [-0.39, 0.29) is 12.1 Å². The minimum absolute atomic E-state index is 0.227. The molecule has 6 heteroatoms. The molecular formula is C18H23N3O3. The molecule has 2 atom stereocenters. The van der Waals surface area contributed by atoms with Crippen LogP contribution in [0, 0.1) is 0 Å². The summed E-state index contributed by atoms with van der Waals surface area (Å²) in [6.45, 7) is 2.19. The van der Waals surface area contributed by atoms with Crippen molar-refractivity contribution in [2.24, 2.45) is 0 Å². The Kier molecular flexibility index (Phi) is 4.49. The lowest BCUT2D eigenvalue weighted by Gasteiger charge is -2.22. The van der Waals surface area contributed by atoms with Crippen LogP contribution in [0.5, 0.6) is 5.75 Å². The van der Waals surface area contributed by atoms with Gasteiger partial charge in [-0.05, 0) is 31.4 Å². The van der Waals surface area contributed by atoms with Gasteiger partial charge in [0.15, 0.2) is 0 Å². The van der Waals surface area contributed by atoms with Gasteiger partial charge in [0.25, 0.3) is 0 Å². The van der Waals surface area contributed by atoms with Gasteiger partial charge in [0.05, 0.1) is 25.0 Å². The summed E-state index contributed by atoms with van der Waals surface area (Å²) in [4.78, 5) is 10.9. The molecule has 2 fully saturated rings. The molecule has 0 aromatic carbocycles. The molecule has 2 aromatic rings. The molecule has 6 nitrogen and oxygen atoms in total. The molecule has 0 bridgehead atoms. The summed E-state index contributed by atoms with van der Waals surface area (Å²) in [5, 5.41) is 0. The number of rotatable bonds is 7. The first-order chi connectivity index (χ1) is 11.8. The Morgan fingerprint density at radius 3 is 3.00 bits per heavy atom. The Bertz CT molecular complexity index is 657. The average Bonchev–Trinajstić information content (AvgIpc) is 3.24. The van der Waals surface area contributed by atoms with Gasteiger partial charge in [-0.25, -0.2) is 4.98 Å². The molecular weight excluding hydrogens is 306 g/mol. The maximum Gasteiger partial charge on any atom is 0.208 e. The van der Waals surface area contributed by atoms with Crippen LogP contribution in [0.25, 0.3) is 0 Å². The Balaban J connectivity index is 1.38. The lowest BCUT2D eigenvalue weighted by molar-refractivity contribution is 0.105. The highest BCUT2D eigenvalue weighted by Crippen LogP contribution is 2.40. The van der Waals surface area contributed by atoms with Gasteiger partial charge >= 0.3 is 0 Å². The van der Waals surface area contributed by atoms with Crippen molar-refractivity contribution in [2.45, 2.75) is 43.9 Å². The van der Waals surface area contributed by atoms with E-state index in [2.05, 4.69) is 14.9 Å². The highest BCUT2D eigenvalue weighted by atomic mass is 16.5. The predicted molar refractivity (Wildman–Crippen MR) is 87.8 cm³/mol. The number of nitrogens with zero attached hydrogens (tertiary/aromatic N) is 3. The molecule has 4 rings (SSSR count). The summed E-state index contributed by atoms with van der Waals surface area (Å²) in [5.41, 5.74) is 0. The molecule has 0 radical (unpaired) electrons. The highest BCUT2D eigenvalue weighted by molar-refractivity contribution is 5.15. The van der Waals surface area contributed by atoms with Crippen LogP contribution in [0.4, 0.5) is 0 Å². The fourth-order valence-corrected chi connectivity index (χ4v) is 3.23. The number of likely N-dealkylation sites (tertiary alicyclic amines) is 1. The van der Waals surface area contributed by atoms with Crippen molar-refractivity contribution in [3.05, 3.63) is 42.4 Å².